The van der Waals surface area contributed by atoms with E-state index in [1.807, 2.05) is 36.4 Å². The summed E-state index contributed by atoms with van der Waals surface area (Å²) < 4.78 is 5.49. The number of carbonyl (C=O) groups is 3. The molecule has 2 aromatic carbocycles. The number of hydrogen-bond donors (Lipinski definition) is 3. The van der Waals surface area contributed by atoms with Gasteiger partial charge in [0, 0.05) is 12.0 Å². The first-order chi connectivity index (χ1) is 15.4. The quantitative estimate of drug-likeness (QED) is 0.647. The number of rotatable bonds is 6. The summed E-state index contributed by atoms with van der Waals surface area (Å²) in [6.07, 6.45) is 1.18. The Morgan fingerprint density at radius 3 is 2.28 bits per heavy atom. The monoisotopic (exact) mass is 434 g/mol. The summed E-state index contributed by atoms with van der Waals surface area (Å²) in [6, 6.07) is 15.3. The van der Waals surface area contributed by atoms with E-state index in [4.69, 9.17) is 4.74 Å². The molecule has 2 amide bonds. The van der Waals surface area contributed by atoms with E-state index in [1.54, 1.807) is 6.92 Å². The molecular formula is C25H26N2O5. The molecule has 0 spiro atoms. The van der Waals surface area contributed by atoms with Crippen LogP contribution in [0, 0.1) is 11.3 Å². The highest BCUT2D eigenvalue weighted by Crippen LogP contribution is 2.63. The number of aliphatic carboxylic acids is 1. The Morgan fingerprint density at radius 2 is 1.69 bits per heavy atom. The number of alkyl carbamates (subject to hydrolysis) is 1. The van der Waals surface area contributed by atoms with Gasteiger partial charge in [-0.05, 0) is 54.4 Å². The maximum atomic E-state index is 12.5. The molecule has 0 radical (unpaired) electrons. The SMILES string of the molecule is C[C@@H](NC(=O)OCC1c2ccccc2-c2ccccc21)C(=O)N[C@@H]1C[C@H]2C[C@@]2(C(=O)O)C1. The van der Waals surface area contributed by atoms with Crippen molar-refractivity contribution < 1.29 is 24.2 Å². The molecule has 0 aliphatic heterocycles. The first-order valence-corrected chi connectivity index (χ1v) is 11.0. The predicted molar refractivity (Wildman–Crippen MR) is 117 cm³/mol. The molecule has 2 saturated carbocycles. The number of carboxylic acid groups (broad SMARTS) is 1. The van der Waals surface area contributed by atoms with Gasteiger partial charge in [-0.15, -0.1) is 0 Å². The molecule has 166 valence electrons. The van der Waals surface area contributed by atoms with Crippen LogP contribution >= 0.6 is 0 Å². The van der Waals surface area contributed by atoms with Crippen LogP contribution in [0.25, 0.3) is 11.1 Å². The van der Waals surface area contributed by atoms with Gasteiger partial charge in [-0.2, -0.15) is 0 Å². The van der Waals surface area contributed by atoms with Crippen molar-refractivity contribution in [2.45, 2.75) is 44.2 Å². The summed E-state index contributed by atoms with van der Waals surface area (Å²) in [7, 11) is 0. The molecule has 3 aliphatic rings. The second-order valence-electron chi connectivity index (χ2n) is 9.20. The average molecular weight is 434 g/mol. The Kier molecular flexibility index (Phi) is 4.92. The molecule has 0 aromatic heterocycles. The Morgan fingerprint density at radius 1 is 1.06 bits per heavy atom. The largest absolute Gasteiger partial charge is 0.481 e. The number of carboxylic acids is 1. The molecule has 5 rings (SSSR count). The minimum atomic E-state index is -0.775. The molecule has 32 heavy (non-hydrogen) atoms. The lowest BCUT2D eigenvalue weighted by Gasteiger charge is -2.20. The molecule has 3 aliphatic carbocycles. The van der Waals surface area contributed by atoms with Crippen molar-refractivity contribution in [2.75, 3.05) is 6.61 Å². The lowest BCUT2D eigenvalue weighted by atomic mass is 9.98. The molecule has 0 heterocycles. The van der Waals surface area contributed by atoms with Crippen molar-refractivity contribution >= 4 is 18.0 Å². The van der Waals surface area contributed by atoms with E-state index in [-0.39, 0.29) is 30.4 Å². The van der Waals surface area contributed by atoms with E-state index < -0.39 is 23.5 Å². The summed E-state index contributed by atoms with van der Waals surface area (Å²) in [5, 5.41) is 14.8. The van der Waals surface area contributed by atoms with E-state index in [0.29, 0.717) is 19.3 Å². The minimum absolute atomic E-state index is 0.0466. The van der Waals surface area contributed by atoms with Crippen LogP contribution in [0.2, 0.25) is 0 Å². The molecule has 2 aromatic rings. The zero-order chi connectivity index (χ0) is 22.5. The van der Waals surface area contributed by atoms with E-state index in [1.165, 1.54) is 0 Å². The standard InChI is InChI=1S/C25H26N2O5/c1-14(22(28)27-16-10-15-11-25(15,12-16)23(29)30)26-24(31)32-13-21-19-8-4-2-6-17(19)18-7-3-5-9-20(18)21/h2-9,14-16,21H,10-13H2,1H3,(H,26,31)(H,27,28)(H,29,30)/t14-,15+,16-,25-/m1/s1. The van der Waals surface area contributed by atoms with Gasteiger partial charge in [-0.3, -0.25) is 9.59 Å². The third kappa shape index (κ3) is 3.42. The van der Waals surface area contributed by atoms with E-state index in [9.17, 15) is 19.5 Å². The number of amides is 2. The fourth-order valence-electron chi connectivity index (χ4n) is 5.47. The van der Waals surface area contributed by atoms with Crippen LogP contribution in [0.15, 0.2) is 48.5 Å². The third-order valence-electron chi connectivity index (χ3n) is 7.26. The van der Waals surface area contributed by atoms with Crippen LogP contribution in [0.5, 0.6) is 0 Å². The van der Waals surface area contributed by atoms with Crippen molar-refractivity contribution in [3.8, 4) is 11.1 Å². The molecule has 0 bridgehead atoms. The molecular weight excluding hydrogens is 408 g/mol. The lowest BCUT2D eigenvalue weighted by molar-refractivity contribution is -0.143. The molecule has 0 saturated heterocycles. The van der Waals surface area contributed by atoms with Crippen molar-refractivity contribution in [1.82, 2.24) is 10.6 Å². The normalized spacial score (nSPS) is 25.8. The van der Waals surface area contributed by atoms with Crippen molar-refractivity contribution in [3.05, 3.63) is 59.7 Å². The molecule has 4 atom stereocenters. The van der Waals surface area contributed by atoms with Crippen molar-refractivity contribution in [3.63, 3.8) is 0 Å². The Bertz CT molecular complexity index is 1050. The van der Waals surface area contributed by atoms with Crippen molar-refractivity contribution in [1.29, 1.82) is 0 Å². The van der Waals surface area contributed by atoms with E-state index in [2.05, 4.69) is 22.8 Å². The number of nitrogens with one attached hydrogen (secondary N) is 2. The van der Waals surface area contributed by atoms with Gasteiger partial charge in [0.2, 0.25) is 5.91 Å². The Labute approximate surface area is 186 Å². The number of benzene rings is 2. The lowest BCUT2D eigenvalue weighted by Crippen LogP contribution is -2.48. The minimum Gasteiger partial charge on any atom is -0.481 e. The van der Waals surface area contributed by atoms with Gasteiger partial charge in [0.15, 0.2) is 0 Å². The number of carbonyl (C=O) groups excluding carboxylic acids is 2. The summed E-state index contributed by atoms with van der Waals surface area (Å²) in [4.78, 5) is 36.3. The Balaban J connectivity index is 1.15. The summed E-state index contributed by atoms with van der Waals surface area (Å²) in [5.74, 6) is -1.00. The first-order valence-electron chi connectivity index (χ1n) is 11.0. The molecule has 3 N–H and O–H groups in total. The van der Waals surface area contributed by atoms with Gasteiger partial charge in [-0.25, -0.2) is 4.79 Å². The van der Waals surface area contributed by atoms with Crippen LogP contribution in [-0.4, -0.2) is 41.8 Å². The second-order valence-corrected chi connectivity index (χ2v) is 9.20. The summed E-state index contributed by atoms with van der Waals surface area (Å²) in [5.41, 5.74) is 3.90. The maximum Gasteiger partial charge on any atom is 0.407 e. The topological polar surface area (TPSA) is 105 Å². The fraction of sp³-hybridized carbons (Fsp3) is 0.400. The maximum absolute atomic E-state index is 12.5. The number of fused-ring (bicyclic) bond motifs is 4. The first kappa shape index (κ1) is 20.5. The van der Waals surface area contributed by atoms with E-state index >= 15 is 0 Å². The average Bonchev–Trinajstić information content (AvgIpc) is 3.21. The van der Waals surface area contributed by atoms with Gasteiger partial charge >= 0.3 is 12.1 Å². The van der Waals surface area contributed by atoms with Crippen LogP contribution in [0.3, 0.4) is 0 Å². The smallest absolute Gasteiger partial charge is 0.407 e. The van der Waals surface area contributed by atoms with Crippen LogP contribution < -0.4 is 10.6 Å². The van der Waals surface area contributed by atoms with Gasteiger partial charge in [0.05, 0.1) is 5.41 Å². The van der Waals surface area contributed by atoms with Gasteiger partial charge in [0.1, 0.15) is 12.6 Å². The second kappa shape index (κ2) is 7.65. The van der Waals surface area contributed by atoms with E-state index in [0.717, 1.165) is 22.3 Å². The molecule has 2 fully saturated rings. The summed E-state index contributed by atoms with van der Waals surface area (Å²) >= 11 is 0. The number of ether oxygens (including phenoxy) is 1. The van der Waals surface area contributed by atoms with Gasteiger partial charge in [-0.1, -0.05) is 48.5 Å². The highest BCUT2D eigenvalue weighted by atomic mass is 16.5. The number of hydrogen-bond acceptors (Lipinski definition) is 4. The molecule has 7 heteroatoms. The zero-order valence-corrected chi connectivity index (χ0v) is 17.8. The predicted octanol–water partition coefficient (Wildman–Crippen LogP) is 3.28. The molecule has 0 unspecified atom stereocenters. The third-order valence-corrected chi connectivity index (χ3v) is 7.26. The van der Waals surface area contributed by atoms with Gasteiger partial charge < -0.3 is 20.5 Å². The summed E-state index contributed by atoms with van der Waals surface area (Å²) in [6.45, 7) is 1.78. The van der Waals surface area contributed by atoms with Crippen molar-refractivity contribution in [2.24, 2.45) is 11.3 Å². The highest BCUT2D eigenvalue weighted by molar-refractivity contribution is 5.86. The molecule has 7 nitrogen and oxygen atoms in total. The van der Waals surface area contributed by atoms with Crippen LogP contribution in [0.1, 0.15) is 43.2 Å². The Hall–Kier alpha value is -3.35. The zero-order valence-electron chi connectivity index (χ0n) is 17.8. The fourth-order valence-corrected chi connectivity index (χ4v) is 5.47. The highest BCUT2D eigenvalue weighted by Gasteiger charge is 2.65. The van der Waals surface area contributed by atoms with Crippen LogP contribution in [-0.2, 0) is 14.3 Å². The van der Waals surface area contributed by atoms with Crippen LogP contribution in [0.4, 0.5) is 4.79 Å². The van der Waals surface area contributed by atoms with Gasteiger partial charge in [0.25, 0.3) is 0 Å².